The zero-order valence-corrected chi connectivity index (χ0v) is 13.4. The van der Waals surface area contributed by atoms with Gasteiger partial charge in [0.25, 0.3) is 0 Å². The summed E-state index contributed by atoms with van der Waals surface area (Å²) in [4.78, 5) is 12.6. The van der Waals surface area contributed by atoms with E-state index in [0.717, 1.165) is 17.5 Å². The minimum Gasteiger partial charge on any atom is -0.504 e. The molecule has 0 saturated heterocycles. The van der Waals surface area contributed by atoms with E-state index in [1.54, 1.807) is 6.07 Å². The quantitative estimate of drug-likeness (QED) is 0.768. The van der Waals surface area contributed by atoms with Crippen LogP contribution in [0.3, 0.4) is 0 Å². The molecule has 5 atom stereocenters. The lowest BCUT2D eigenvalue weighted by molar-refractivity contribution is -0.183. The Labute approximate surface area is 134 Å². The van der Waals surface area contributed by atoms with Crippen LogP contribution in [0.25, 0.3) is 0 Å². The smallest absolute Gasteiger partial charge is 0.202 e. The lowest BCUT2D eigenvalue weighted by Crippen LogP contribution is -2.70. The number of aliphatic hydroxyl groups is 2. The van der Waals surface area contributed by atoms with Crippen LogP contribution in [0, 0.1) is 5.92 Å². The molecule has 1 saturated carbocycles. The Morgan fingerprint density at radius 3 is 2.83 bits per heavy atom. The molecule has 0 radical (unpaired) electrons. The van der Waals surface area contributed by atoms with Gasteiger partial charge in [0.15, 0.2) is 17.6 Å². The van der Waals surface area contributed by atoms with E-state index in [-0.39, 0.29) is 18.1 Å². The maximum Gasteiger partial charge on any atom is 0.202 e. The molecule has 124 valence electrons. The summed E-state index contributed by atoms with van der Waals surface area (Å²) in [7, 11) is 0. The number of carbonyl (C=O) groups excluding carboxylic acids is 1. The van der Waals surface area contributed by atoms with Crippen LogP contribution in [0.2, 0.25) is 0 Å². The molecule has 1 unspecified atom stereocenters. The molecule has 0 aromatic heterocycles. The second-order valence-corrected chi connectivity index (χ2v) is 7.32. The number of hydrogen-bond acceptors (Lipinski definition) is 5. The van der Waals surface area contributed by atoms with Crippen LogP contribution in [0.1, 0.15) is 44.2 Å². The zero-order chi connectivity index (χ0) is 16.6. The van der Waals surface area contributed by atoms with Gasteiger partial charge in [0, 0.05) is 12.0 Å². The second-order valence-electron chi connectivity index (χ2n) is 7.32. The first-order valence-electron chi connectivity index (χ1n) is 8.33. The van der Waals surface area contributed by atoms with E-state index in [1.807, 2.05) is 19.9 Å². The fourth-order valence-corrected chi connectivity index (χ4v) is 5.24. The summed E-state index contributed by atoms with van der Waals surface area (Å²) in [5.74, 6) is -0.189. The molecule has 2 aliphatic carbocycles. The molecule has 1 fully saturated rings. The normalized spacial score (nSPS) is 40.7. The van der Waals surface area contributed by atoms with Crippen molar-refractivity contribution in [2.24, 2.45) is 5.92 Å². The summed E-state index contributed by atoms with van der Waals surface area (Å²) in [5, 5.41) is 32.0. The number of aliphatic hydroxyl groups excluding tert-OH is 1. The fourth-order valence-electron chi connectivity index (χ4n) is 5.24. The molecule has 3 N–H and O–H groups in total. The highest BCUT2D eigenvalue weighted by Gasteiger charge is 2.71. The van der Waals surface area contributed by atoms with E-state index >= 15 is 0 Å². The monoisotopic (exact) mass is 318 g/mol. The standard InChI is InChI=1S/C18H22O5/c1-3-6-17-13-10-4-5-11(19)15(13)23-16(17)14(21)12(20)8-18(17,22)9(2)7-10/h4-5,9,12,16,19-20,22H,3,6-8H2,1-2H3/t9-,12?,16+,17+,18-/m1/s1. The van der Waals surface area contributed by atoms with Crippen molar-refractivity contribution in [2.45, 2.75) is 62.8 Å². The molecule has 0 amide bonds. The first kappa shape index (κ1) is 15.0. The highest BCUT2D eigenvalue weighted by atomic mass is 16.5. The van der Waals surface area contributed by atoms with Crippen molar-refractivity contribution in [3.05, 3.63) is 23.3 Å². The number of aromatic hydroxyl groups is 1. The summed E-state index contributed by atoms with van der Waals surface area (Å²) in [6.45, 7) is 3.97. The van der Waals surface area contributed by atoms with Crippen LogP contribution in [-0.2, 0) is 16.6 Å². The van der Waals surface area contributed by atoms with Crippen LogP contribution < -0.4 is 4.74 Å². The molecular formula is C18H22O5. The van der Waals surface area contributed by atoms with Crippen molar-refractivity contribution in [3.63, 3.8) is 0 Å². The van der Waals surface area contributed by atoms with Gasteiger partial charge in [0.2, 0.25) is 5.78 Å². The summed E-state index contributed by atoms with van der Waals surface area (Å²) in [6.07, 6.45) is -0.132. The molecule has 0 spiro atoms. The highest BCUT2D eigenvalue weighted by molar-refractivity contribution is 5.93. The van der Waals surface area contributed by atoms with Crippen LogP contribution >= 0.6 is 0 Å². The largest absolute Gasteiger partial charge is 0.504 e. The van der Waals surface area contributed by atoms with Gasteiger partial charge in [-0.25, -0.2) is 0 Å². The molecule has 3 aliphatic rings. The molecule has 5 nitrogen and oxygen atoms in total. The summed E-state index contributed by atoms with van der Waals surface area (Å²) < 4.78 is 5.87. The minimum absolute atomic E-state index is 0.00665. The van der Waals surface area contributed by atoms with Gasteiger partial charge >= 0.3 is 0 Å². The average Bonchev–Trinajstić information content (AvgIpc) is 2.85. The number of ether oxygens (including phenoxy) is 1. The molecule has 0 bridgehead atoms. The number of rotatable bonds is 2. The van der Waals surface area contributed by atoms with Gasteiger partial charge in [-0.1, -0.05) is 26.3 Å². The predicted octanol–water partition coefficient (Wildman–Crippen LogP) is 1.45. The third kappa shape index (κ3) is 1.52. The first-order chi connectivity index (χ1) is 10.9. The Morgan fingerprint density at radius 2 is 2.13 bits per heavy atom. The summed E-state index contributed by atoms with van der Waals surface area (Å²) in [5.41, 5.74) is -0.285. The number of carbonyl (C=O) groups is 1. The number of phenols is 1. The maximum absolute atomic E-state index is 12.6. The lowest BCUT2D eigenvalue weighted by atomic mass is 9.49. The summed E-state index contributed by atoms with van der Waals surface area (Å²) in [6, 6.07) is 3.45. The van der Waals surface area contributed by atoms with Crippen LogP contribution in [0.4, 0.5) is 0 Å². The second kappa shape index (κ2) is 4.48. The van der Waals surface area contributed by atoms with E-state index in [2.05, 4.69) is 0 Å². The SMILES string of the molecule is CCC[C@]12c3c4ccc(O)c3O[C@H]1C(=O)C(O)C[C@@]2(O)[C@H](C)C4. The van der Waals surface area contributed by atoms with Gasteiger partial charge in [-0.3, -0.25) is 4.79 Å². The first-order valence-corrected chi connectivity index (χ1v) is 8.33. The van der Waals surface area contributed by atoms with E-state index in [0.29, 0.717) is 18.6 Å². The minimum atomic E-state index is -1.23. The van der Waals surface area contributed by atoms with Gasteiger partial charge in [0.1, 0.15) is 6.10 Å². The Morgan fingerprint density at radius 1 is 1.39 bits per heavy atom. The number of phenolic OH excluding ortho intramolecular Hbond substituents is 1. The van der Waals surface area contributed by atoms with Crippen molar-refractivity contribution in [2.75, 3.05) is 0 Å². The van der Waals surface area contributed by atoms with Gasteiger partial charge < -0.3 is 20.1 Å². The maximum atomic E-state index is 12.6. The number of Topliss-reactive ketones (excluding diaryl/α,β-unsaturated/α-hetero) is 1. The average molecular weight is 318 g/mol. The molecule has 1 aromatic carbocycles. The topological polar surface area (TPSA) is 87.0 Å². The van der Waals surface area contributed by atoms with Gasteiger partial charge in [-0.15, -0.1) is 0 Å². The van der Waals surface area contributed by atoms with Crippen molar-refractivity contribution >= 4 is 5.78 Å². The van der Waals surface area contributed by atoms with Crippen molar-refractivity contribution in [1.82, 2.24) is 0 Å². The molecule has 23 heavy (non-hydrogen) atoms. The Kier molecular flexibility index (Phi) is 2.92. The number of benzene rings is 1. The number of hydrogen-bond donors (Lipinski definition) is 3. The summed E-state index contributed by atoms with van der Waals surface area (Å²) >= 11 is 0. The van der Waals surface area contributed by atoms with Crippen molar-refractivity contribution in [3.8, 4) is 11.5 Å². The van der Waals surface area contributed by atoms with Gasteiger partial charge in [0.05, 0.1) is 11.0 Å². The zero-order valence-electron chi connectivity index (χ0n) is 13.4. The van der Waals surface area contributed by atoms with E-state index in [9.17, 15) is 20.1 Å². The van der Waals surface area contributed by atoms with Crippen LogP contribution in [-0.4, -0.2) is 38.9 Å². The Balaban J connectivity index is 2.07. The predicted molar refractivity (Wildman–Crippen MR) is 82.6 cm³/mol. The van der Waals surface area contributed by atoms with Crippen molar-refractivity contribution < 1.29 is 24.9 Å². The molecule has 4 rings (SSSR count). The highest BCUT2D eigenvalue weighted by Crippen LogP contribution is 2.64. The van der Waals surface area contributed by atoms with Gasteiger partial charge in [-0.05, 0) is 30.4 Å². The third-order valence-corrected chi connectivity index (χ3v) is 6.20. The molecule has 1 heterocycles. The lowest BCUT2D eigenvalue weighted by Gasteiger charge is -2.57. The molecular weight excluding hydrogens is 296 g/mol. The van der Waals surface area contributed by atoms with Crippen LogP contribution in [0.5, 0.6) is 11.5 Å². The Bertz CT molecular complexity index is 699. The number of ketones is 1. The molecule has 1 aromatic rings. The van der Waals surface area contributed by atoms with E-state index < -0.39 is 29.0 Å². The molecule has 5 heteroatoms. The third-order valence-electron chi connectivity index (χ3n) is 6.20. The van der Waals surface area contributed by atoms with E-state index in [1.165, 1.54) is 0 Å². The van der Waals surface area contributed by atoms with Gasteiger partial charge in [-0.2, -0.15) is 0 Å². The molecule has 1 aliphatic heterocycles. The van der Waals surface area contributed by atoms with Crippen molar-refractivity contribution in [1.29, 1.82) is 0 Å². The fraction of sp³-hybridized carbons (Fsp3) is 0.611. The van der Waals surface area contributed by atoms with E-state index in [4.69, 9.17) is 4.74 Å². The Hall–Kier alpha value is -1.59. The van der Waals surface area contributed by atoms with Crippen LogP contribution in [0.15, 0.2) is 12.1 Å².